The molecule has 1 heterocycles. The number of β-amino-alcohol motifs (C(OH)–C–C–N with tert-alkyl or cyclic N) is 1. The molecule has 1 saturated carbocycles. The van der Waals surface area contributed by atoms with Crippen molar-refractivity contribution < 1.29 is 14.6 Å². The molecule has 0 aromatic heterocycles. The summed E-state index contributed by atoms with van der Waals surface area (Å²) in [5.41, 5.74) is -0.427. The number of ether oxygens (including phenoxy) is 1. The average Bonchev–Trinajstić information content (AvgIpc) is 2.95. The molecule has 1 aliphatic heterocycles. The molecule has 2 rings (SSSR count). The van der Waals surface area contributed by atoms with Crippen LogP contribution in [0, 0.1) is 0 Å². The molecule has 2 unspecified atom stereocenters. The predicted octanol–water partition coefficient (Wildman–Crippen LogP) is 0.672. The molecule has 0 radical (unpaired) electrons. The monoisotopic (exact) mass is 242 g/mol. The van der Waals surface area contributed by atoms with E-state index in [0.29, 0.717) is 25.2 Å². The second-order valence-electron chi connectivity index (χ2n) is 5.80. The number of fused-ring (bicyclic) bond motifs is 1. The van der Waals surface area contributed by atoms with Crippen LogP contribution < -0.4 is 0 Å². The maximum Gasteiger partial charge on any atom is 0.410 e. The normalized spacial score (nSPS) is 28.8. The second kappa shape index (κ2) is 4.46. The van der Waals surface area contributed by atoms with Gasteiger partial charge in [-0.15, -0.1) is 0 Å². The lowest BCUT2D eigenvalue weighted by Gasteiger charge is -2.34. The summed E-state index contributed by atoms with van der Waals surface area (Å²) in [6.45, 7) is 8.10. The molecule has 2 atom stereocenters. The lowest BCUT2D eigenvalue weighted by atomic mass is 10.2. The van der Waals surface area contributed by atoms with Crippen molar-refractivity contribution in [3.8, 4) is 0 Å². The summed E-state index contributed by atoms with van der Waals surface area (Å²) in [6, 6.07) is 0.730. The summed E-state index contributed by atoms with van der Waals surface area (Å²) in [7, 11) is 0. The van der Waals surface area contributed by atoms with Crippen molar-refractivity contribution in [3.05, 3.63) is 0 Å². The SMILES string of the molecule is CC(C)(C)OC(=O)N1CCN(CCO)C2CC21. The first-order valence-corrected chi connectivity index (χ1v) is 6.27. The minimum absolute atomic E-state index is 0.190. The Morgan fingerprint density at radius 3 is 2.65 bits per heavy atom. The zero-order chi connectivity index (χ0) is 12.6. The Kier molecular flexibility index (Phi) is 3.32. The van der Waals surface area contributed by atoms with Crippen LogP contribution in [0.3, 0.4) is 0 Å². The van der Waals surface area contributed by atoms with Crippen LogP contribution in [-0.2, 0) is 4.74 Å². The molecule has 2 aliphatic rings. The summed E-state index contributed by atoms with van der Waals surface area (Å²) in [5.74, 6) is 0. The molecule has 1 aliphatic carbocycles. The lowest BCUT2D eigenvalue weighted by molar-refractivity contribution is 0.0121. The standard InChI is InChI=1S/C12H22N2O3/c1-12(2,3)17-11(16)14-5-4-13(6-7-15)9-8-10(9)14/h9-10,15H,4-8H2,1-3H3. The highest BCUT2D eigenvalue weighted by Crippen LogP contribution is 2.37. The Hall–Kier alpha value is -0.810. The molecule has 5 nitrogen and oxygen atoms in total. The smallest absolute Gasteiger partial charge is 0.410 e. The van der Waals surface area contributed by atoms with Gasteiger partial charge in [0.15, 0.2) is 0 Å². The molecule has 1 N–H and O–H groups in total. The van der Waals surface area contributed by atoms with Gasteiger partial charge < -0.3 is 14.7 Å². The van der Waals surface area contributed by atoms with Crippen LogP contribution >= 0.6 is 0 Å². The van der Waals surface area contributed by atoms with Crippen molar-refractivity contribution in [2.45, 2.75) is 44.9 Å². The highest BCUT2D eigenvalue weighted by molar-refractivity contribution is 5.69. The van der Waals surface area contributed by atoms with E-state index in [9.17, 15) is 4.79 Å². The van der Waals surface area contributed by atoms with Crippen LogP contribution in [0.15, 0.2) is 0 Å². The number of carbonyl (C=O) groups is 1. The molecular weight excluding hydrogens is 220 g/mol. The molecule has 1 saturated heterocycles. The van der Waals surface area contributed by atoms with E-state index in [1.54, 1.807) is 0 Å². The summed E-state index contributed by atoms with van der Waals surface area (Å²) in [5, 5.41) is 8.94. The minimum Gasteiger partial charge on any atom is -0.444 e. The third-order valence-corrected chi connectivity index (χ3v) is 3.24. The Labute approximate surface area is 102 Å². The van der Waals surface area contributed by atoms with Gasteiger partial charge in [-0.05, 0) is 27.2 Å². The van der Waals surface area contributed by atoms with Crippen LogP contribution in [0.1, 0.15) is 27.2 Å². The average molecular weight is 242 g/mol. The molecule has 2 fully saturated rings. The van der Waals surface area contributed by atoms with E-state index in [2.05, 4.69) is 4.90 Å². The zero-order valence-electron chi connectivity index (χ0n) is 10.8. The van der Waals surface area contributed by atoms with Gasteiger partial charge in [0, 0.05) is 25.7 Å². The molecule has 1 amide bonds. The summed E-state index contributed by atoms with van der Waals surface area (Å²) in [6.07, 6.45) is 0.813. The van der Waals surface area contributed by atoms with Gasteiger partial charge in [0.1, 0.15) is 5.60 Å². The second-order valence-corrected chi connectivity index (χ2v) is 5.80. The maximum atomic E-state index is 12.0. The van der Waals surface area contributed by atoms with Gasteiger partial charge in [-0.25, -0.2) is 4.79 Å². The van der Waals surface area contributed by atoms with E-state index in [0.717, 1.165) is 13.0 Å². The largest absolute Gasteiger partial charge is 0.444 e. The first-order chi connectivity index (χ1) is 7.92. The van der Waals surface area contributed by atoms with Crippen molar-refractivity contribution >= 4 is 6.09 Å². The molecule has 5 heteroatoms. The van der Waals surface area contributed by atoms with Gasteiger partial charge in [-0.1, -0.05) is 0 Å². The number of aliphatic hydroxyl groups is 1. The molecule has 0 spiro atoms. The van der Waals surface area contributed by atoms with E-state index in [1.807, 2.05) is 25.7 Å². The van der Waals surface area contributed by atoms with Crippen LogP contribution in [-0.4, -0.2) is 64.9 Å². The van der Waals surface area contributed by atoms with E-state index >= 15 is 0 Å². The first-order valence-electron chi connectivity index (χ1n) is 6.27. The number of amides is 1. The number of aliphatic hydroxyl groups excluding tert-OH is 1. The van der Waals surface area contributed by atoms with E-state index in [-0.39, 0.29) is 12.7 Å². The van der Waals surface area contributed by atoms with Crippen molar-refractivity contribution in [3.63, 3.8) is 0 Å². The number of hydrogen-bond acceptors (Lipinski definition) is 4. The summed E-state index contributed by atoms with van der Waals surface area (Å²) >= 11 is 0. The molecule has 98 valence electrons. The van der Waals surface area contributed by atoms with Gasteiger partial charge in [0.25, 0.3) is 0 Å². The van der Waals surface area contributed by atoms with Crippen LogP contribution in [0.25, 0.3) is 0 Å². The third-order valence-electron chi connectivity index (χ3n) is 3.24. The Balaban J connectivity index is 1.88. The number of rotatable bonds is 2. The van der Waals surface area contributed by atoms with Gasteiger partial charge in [0.2, 0.25) is 0 Å². The summed E-state index contributed by atoms with van der Waals surface area (Å²) in [4.78, 5) is 16.0. The molecular formula is C12H22N2O3. The summed E-state index contributed by atoms with van der Waals surface area (Å²) < 4.78 is 5.39. The van der Waals surface area contributed by atoms with E-state index < -0.39 is 5.60 Å². The lowest BCUT2D eigenvalue weighted by Crippen LogP contribution is -2.50. The van der Waals surface area contributed by atoms with Crippen molar-refractivity contribution in [2.75, 3.05) is 26.2 Å². The molecule has 0 aromatic rings. The fourth-order valence-electron chi connectivity index (χ4n) is 2.42. The zero-order valence-corrected chi connectivity index (χ0v) is 10.8. The Bertz CT molecular complexity index is 301. The third kappa shape index (κ3) is 2.90. The van der Waals surface area contributed by atoms with Gasteiger partial charge in [0.05, 0.1) is 12.6 Å². The number of piperazine rings is 1. The van der Waals surface area contributed by atoms with Crippen molar-refractivity contribution in [1.82, 2.24) is 9.80 Å². The van der Waals surface area contributed by atoms with Crippen LogP contribution in [0.5, 0.6) is 0 Å². The predicted molar refractivity (Wildman–Crippen MR) is 63.8 cm³/mol. The highest BCUT2D eigenvalue weighted by atomic mass is 16.6. The topological polar surface area (TPSA) is 53.0 Å². The minimum atomic E-state index is -0.427. The van der Waals surface area contributed by atoms with Gasteiger partial charge in [-0.3, -0.25) is 4.90 Å². The first kappa shape index (κ1) is 12.6. The highest BCUT2D eigenvalue weighted by Gasteiger charge is 2.51. The van der Waals surface area contributed by atoms with Crippen LogP contribution in [0.4, 0.5) is 4.79 Å². The molecule has 0 bridgehead atoms. The molecule has 0 aromatic carbocycles. The quantitative estimate of drug-likeness (QED) is 0.773. The van der Waals surface area contributed by atoms with E-state index in [4.69, 9.17) is 9.84 Å². The number of nitrogens with zero attached hydrogens (tertiary/aromatic N) is 2. The van der Waals surface area contributed by atoms with Crippen molar-refractivity contribution in [1.29, 1.82) is 0 Å². The van der Waals surface area contributed by atoms with Crippen molar-refractivity contribution in [2.24, 2.45) is 0 Å². The van der Waals surface area contributed by atoms with Crippen LogP contribution in [0.2, 0.25) is 0 Å². The number of carbonyl (C=O) groups excluding carboxylic acids is 1. The maximum absolute atomic E-state index is 12.0. The molecule has 17 heavy (non-hydrogen) atoms. The Morgan fingerprint density at radius 2 is 2.06 bits per heavy atom. The number of hydrogen-bond donors (Lipinski definition) is 1. The van der Waals surface area contributed by atoms with E-state index in [1.165, 1.54) is 0 Å². The fourth-order valence-corrected chi connectivity index (χ4v) is 2.42. The Morgan fingerprint density at radius 1 is 1.35 bits per heavy atom. The van der Waals surface area contributed by atoms with Gasteiger partial charge in [-0.2, -0.15) is 0 Å². The van der Waals surface area contributed by atoms with Gasteiger partial charge >= 0.3 is 6.09 Å². The fraction of sp³-hybridized carbons (Fsp3) is 0.917.